The molecule has 2 atom stereocenters. The number of alkyl halides is 1. The zero-order chi connectivity index (χ0) is 18.0. The van der Waals surface area contributed by atoms with Crippen LogP contribution in [-0.2, 0) is 4.79 Å². The van der Waals surface area contributed by atoms with E-state index in [9.17, 15) is 9.18 Å². The van der Waals surface area contributed by atoms with Crippen LogP contribution >= 0.6 is 0 Å². The maximum atomic E-state index is 13.2. The van der Waals surface area contributed by atoms with Crippen molar-refractivity contribution in [1.82, 2.24) is 4.90 Å². The number of rotatable bonds is 6. The molecule has 0 aromatic heterocycles. The molecule has 0 aliphatic heterocycles. The number of amides is 1. The SMILES string of the molecule is CCN(CC)C(=O)C1CCCC2=C1c1c(OC)cccc1C2CC[18F]. The molecule has 0 saturated carbocycles. The minimum Gasteiger partial charge on any atom is -0.496 e. The standard InChI is InChI=1S/C21H28FNO2/c1-4-23(5-2)21(24)17-10-6-8-15-14(12-13-22)16-9-7-11-18(25-3)20(16)19(15)17/h7,9,11,14,17H,4-6,8,10,12-13H2,1-3H3/i22-1. The number of halogens is 1. The second kappa shape index (κ2) is 7.59. The fourth-order valence-corrected chi connectivity index (χ4v) is 4.62. The molecule has 0 N–H and O–H groups in total. The lowest BCUT2D eigenvalue weighted by molar-refractivity contribution is -0.133. The van der Waals surface area contributed by atoms with Gasteiger partial charge in [-0.2, -0.15) is 0 Å². The molecule has 2 aliphatic carbocycles. The number of fused-ring (bicyclic) bond motifs is 2. The Balaban J connectivity index is 2.12. The first-order valence-corrected chi connectivity index (χ1v) is 9.42. The van der Waals surface area contributed by atoms with Crippen LogP contribution in [0.25, 0.3) is 5.57 Å². The predicted octanol–water partition coefficient (Wildman–Crippen LogP) is 4.57. The third kappa shape index (κ3) is 2.96. The van der Waals surface area contributed by atoms with Crippen molar-refractivity contribution in [3.8, 4) is 5.75 Å². The highest BCUT2D eigenvalue weighted by Gasteiger charge is 2.41. The summed E-state index contributed by atoms with van der Waals surface area (Å²) in [5.74, 6) is 0.987. The maximum absolute atomic E-state index is 13.2. The van der Waals surface area contributed by atoms with Crippen molar-refractivity contribution >= 4 is 11.5 Å². The minimum absolute atomic E-state index is 0.0948. The van der Waals surface area contributed by atoms with Crippen molar-refractivity contribution in [2.45, 2.75) is 45.4 Å². The van der Waals surface area contributed by atoms with E-state index >= 15 is 0 Å². The zero-order valence-electron chi connectivity index (χ0n) is 15.5. The molecule has 0 radical (unpaired) electrons. The van der Waals surface area contributed by atoms with Gasteiger partial charge in [0.25, 0.3) is 0 Å². The molecule has 0 bridgehead atoms. The van der Waals surface area contributed by atoms with Crippen molar-refractivity contribution < 1.29 is 13.9 Å². The second-order valence-electron chi connectivity index (χ2n) is 6.85. The fraction of sp³-hybridized carbons (Fsp3) is 0.571. The highest BCUT2D eigenvalue weighted by molar-refractivity contribution is 5.97. The van der Waals surface area contributed by atoms with Crippen LogP contribution < -0.4 is 4.74 Å². The van der Waals surface area contributed by atoms with Gasteiger partial charge < -0.3 is 9.64 Å². The molecule has 1 amide bonds. The molecule has 0 saturated heterocycles. The highest BCUT2D eigenvalue weighted by Crippen LogP contribution is 2.54. The summed E-state index contributed by atoms with van der Waals surface area (Å²) in [7, 11) is 1.67. The Morgan fingerprint density at radius 3 is 2.72 bits per heavy atom. The highest BCUT2D eigenvalue weighted by atomic mass is 18.2. The number of ether oxygens (including phenoxy) is 1. The number of allylic oxidation sites excluding steroid dienone is 1. The summed E-state index contributed by atoms with van der Waals surface area (Å²) in [5, 5.41) is 0. The van der Waals surface area contributed by atoms with E-state index in [1.807, 2.05) is 30.9 Å². The first-order chi connectivity index (χ1) is 12.2. The van der Waals surface area contributed by atoms with Crippen molar-refractivity contribution in [2.24, 2.45) is 5.92 Å². The molecular formula is C21H28FNO2. The number of nitrogens with zero attached hydrogens (tertiary/aromatic N) is 1. The van der Waals surface area contributed by atoms with E-state index in [2.05, 4.69) is 6.07 Å². The van der Waals surface area contributed by atoms with Crippen LogP contribution in [0.4, 0.5) is 4.39 Å². The van der Waals surface area contributed by atoms with Crippen LogP contribution in [0.3, 0.4) is 0 Å². The number of benzene rings is 1. The lowest BCUT2D eigenvalue weighted by Gasteiger charge is -2.31. The average molecular weight is 344 g/mol. The number of hydrogen-bond donors (Lipinski definition) is 0. The monoisotopic (exact) mass is 344 g/mol. The molecule has 136 valence electrons. The Morgan fingerprint density at radius 2 is 2.08 bits per heavy atom. The number of hydrogen-bond acceptors (Lipinski definition) is 2. The zero-order valence-corrected chi connectivity index (χ0v) is 15.5. The Labute approximate surface area is 149 Å². The van der Waals surface area contributed by atoms with Crippen LogP contribution in [0.5, 0.6) is 5.75 Å². The van der Waals surface area contributed by atoms with Crippen molar-refractivity contribution in [3.05, 3.63) is 34.9 Å². The molecule has 3 rings (SSSR count). The van der Waals surface area contributed by atoms with Gasteiger partial charge in [-0.3, -0.25) is 9.18 Å². The van der Waals surface area contributed by atoms with Crippen molar-refractivity contribution in [2.75, 3.05) is 26.9 Å². The van der Waals surface area contributed by atoms with Gasteiger partial charge >= 0.3 is 0 Å². The van der Waals surface area contributed by atoms with Gasteiger partial charge in [-0.1, -0.05) is 17.7 Å². The molecule has 0 spiro atoms. The van der Waals surface area contributed by atoms with E-state index in [0.717, 1.165) is 54.8 Å². The predicted molar refractivity (Wildman–Crippen MR) is 98.5 cm³/mol. The Kier molecular flexibility index (Phi) is 5.45. The molecule has 2 unspecified atom stereocenters. The number of carbonyl (C=O) groups excluding carboxylic acids is 1. The van der Waals surface area contributed by atoms with E-state index in [1.165, 1.54) is 5.57 Å². The number of carbonyl (C=O) groups is 1. The number of methoxy groups -OCH3 is 1. The van der Waals surface area contributed by atoms with Gasteiger partial charge in [0.2, 0.25) is 5.91 Å². The molecule has 1 aromatic rings. The van der Waals surface area contributed by atoms with E-state index in [0.29, 0.717) is 6.42 Å². The summed E-state index contributed by atoms with van der Waals surface area (Å²) in [6, 6.07) is 6.01. The molecule has 25 heavy (non-hydrogen) atoms. The van der Waals surface area contributed by atoms with E-state index in [1.54, 1.807) is 7.11 Å². The lowest BCUT2D eigenvalue weighted by Crippen LogP contribution is -2.37. The molecule has 3 nitrogen and oxygen atoms in total. The van der Waals surface area contributed by atoms with Gasteiger partial charge in [0.15, 0.2) is 0 Å². The van der Waals surface area contributed by atoms with Crippen molar-refractivity contribution in [1.29, 1.82) is 0 Å². The first kappa shape index (κ1) is 18.0. The van der Waals surface area contributed by atoms with Gasteiger partial charge in [-0.05, 0) is 56.7 Å². The summed E-state index contributed by atoms with van der Waals surface area (Å²) in [6.07, 6.45) is 3.31. The first-order valence-electron chi connectivity index (χ1n) is 9.42. The third-order valence-electron chi connectivity index (χ3n) is 5.75. The Morgan fingerprint density at radius 1 is 1.32 bits per heavy atom. The molecule has 1 aromatic carbocycles. The summed E-state index contributed by atoms with van der Waals surface area (Å²) in [6.45, 7) is 5.15. The van der Waals surface area contributed by atoms with Gasteiger partial charge in [0, 0.05) is 24.6 Å². The summed E-state index contributed by atoms with van der Waals surface area (Å²) >= 11 is 0. The van der Waals surface area contributed by atoms with Crippen LogP contribution in [0.1, 0.15) is 56.6 Å². The van der Waals surface area contributed by atoms with Crippen molar-refractivity contribution in [3.63, 3.8) is 0 Å². The lowest BCUT2D eigenvalue weighted by atomic mass is 9.79. The maximum Gasteiger partial charge on any atom is 0.230 e. The Hall–Kier alpha value is -1.84. The van der Waals surface area contributed by atoms with Gasteiger partial charge in [0.05, 0.1) is 19.7 Å². The van der Waals surface area contributed by atoms with Crippen LogP contribution in [0.15, 0.2) is 23.8 Å². The quantitative estimate of drug-likeness (QED) is 0.756. The topological polar surface area (TPSA) is 29.5 Å². The summed E-state index contributed by atoms with van der Waals surface area (Å²) in [5.41, 5.74) is 4.60. The van der Waals surface area contributed by atoms with Gasteiger partial charge in [-0.25, -0.2) is 0 Å². The van der Waals surface area contributed by atoms with Crippen LogP contribution in [0, 0.1) is 5.92 Å². The average Bonchev–Trinajstić information content (AvgIpc) is 2.97. The van der Waals surface area contributed by atoms with Gasteiger partial charge in [-0.15, -0.1) is 0 Å². The molecule has 0 heterocycles. The minimum atomic E-state index is -0.341. The second-order valence-corrected chi connectivity index (χ2v) is 6.85. The van der Waals surface area contributed by atoms with E-state index < -0.39 is 0 Å². The fourth-order valence-electron chi connectivity index (χ4n) is 4.62. The molecular weight excluding hydrogens is 316 g/mol. The largest absolute Gasteiger partial charge is 0.496 e. The summed E-state index contributed by atoms with van der Waals surface area (Å²) < 4.78 is 18.9. The summed E-state index contributed by atoms with van der Waals surface area (Å²) in [4.78, 5) is 15.1. The molecule has 4 heteroatoms. The normalized spacial score (nSPS) is 21.8. The molecule has 2 aliphatic rings. The van der Waals surface area contributed by atoms with Crippen LogP contribution in [-0.4, -0.2) is 37.7 Å². The smallest absolute Gasteiger partial charge is 0.230 e. The van der Waals surface area contributed by atoms with E-state index in [-0.39, 0.29) is 24.4 Å². The van der Waals surface area contributed by atoms with Crippen LogP contribution in [0.2, 0.25) is 0 Å². The Bertz CT molecular complexity index is 678. The molecule has 0 fully saturated rings. The van der Waals surface area contributed by atoms with E-state index in [4.69, 9.17) is 4.74 Å². The van der Waals surface area contributed by atoms with Gasteiger partial charge in [0.1, 0.15) is 5.75 Å². The third-order valence-corrected chi connectivity index (χ3v) is 5.75.